The summed E-state index contributed by atoms with van der Waals surface area (Å²) in [6.45, 7) is 4.23. The molecule has 0 fully saturated rings. The molecule has 0 heterocycles. The number of carbonyl (C=O) groups is 3. The molecular formula is C16H18O5. The maximum Gasteiger partial charge on any atom is 0.503 e. The first-order valence-corrected chi connectivity index (χ1v) is 6.48. The van der Waals surface area contributed by atoms with Gasteiger partial charge < -0.3 is 10.2 Å². The van der Waals surface area contributed by atoms with Crippen molar-refractivity contribution >= 4 is 17.7 Å². The second kappa shape index (κ2) is 6.83. The number of rotatable bonds is 2. The summed E-state index contributed by atoms with van der Waals surface area (Å²) in [5.41, 5.74) is 2.14. The van der Waals surface area contributed by atoms with Crippen LogP contribution in [-0.2, 0) is 9.59 Å². The molecule has 0 saturated heterocycles. The van der Waals surface area contributed by atoms with Crippen LogP contribution >= 0.6 is 0 Å². The highest BCUT2D eigenvalue weighted by atomic mass is 16.6. The standard InChI is InChI=1S/C15H16O2.CH2O3/c1-15(2,11-3-7-13(16)8-4-11)12-5-9-14(17)10-6-12;2-1(3)4/h3-7,9H,8,10H2,1-2H3;(H2,2,3,4). The summed E-state index contributed by atoms with van der Waals surface area (Å²) in [5, 5.41) is 13.9. The minimum Gasteiger partial charge on any atom is -0.450 e. The van der Waals surface area contributed by atoms with Gasteiger partial charge in [-0.05, 0) is 23.3 Å². The van der Waals surface area contributed by atoms with Crippen molar-refractivity contribution < 1.29 is 24.6 Å². The fourth-order valence-corrected chi connectivity index (χ4v) is 2.15. The van der Waals surface area contributed by atoms with Gasteiger partial charge >= 0.3 is 6.16 Å². The Morgan fingerprint density at radius 2 is 1.24 bits per heavy atom. The molecule has 0 amide bonds. The van der Waals surface area contributed by atoms with Gasteiger partial charge in [0.15, 0.2) is 11.6 Å². The lowest BCUT2D eigenvalue weighted by molar-refractivity contribution is -0.114. The smallest absolute Gasteiger partial charge is 0.450 e. The Kier molecular flexibility index (Phi) is 5.41. The molecule has 21 heavy (non-hydrogen) atoms. The van der Waals surface area contributed by atoms with Crippen LogP contribution in [0.1, 0.15) is 26.7 Å². The molecule has 0 bridgehead atoms. The summed E-state index contributed by atoms with van der Waals surface area (Å²) in [6, 6.07) is 0. The Hall–Kier alpha value is -2.43. The quantitative estimate of drug-likeness (QED) is 0.815. The molecule has 0 radical (unpaired) electrons. The summed E-state index contributed by atoms with van der Waals surface area (Å²) in [6.07, 6.45) is 10.1. The molecule has 0 aromatic carbocycles. The number of carbonyl (C=O) groups excluding carboxylic acids is 2. The lowest BCUT2D eigenvalue weighted by Gasteiger charge is -2.30. The summed E-state index contributed by atoms with van der Waals surface area (Å²) in [7, 11) is 0. The highest BCUT2D eigenvalue weighted by Gasteiger charge is 2.27. The van der Waals surface area contributed by atoms with E-state index in [0.717, 1.165) is 11.1 Å². The molecule has 0 spiro atoms. The van der Waals surface area contributed by atoms with Crippen molar-refractivity contribution in [2.75, 3.05) is 0 Å². The van der Waals surface area contributed by atoms with Gasteiger partial charge in [0.05, 0.1) is 0 Å². The number of allylic oxidation sites excluding steroid dienone is 8. The van der Waals surface area contributed by atoms with Crippen LogP contribution in [0.5, 0.6) is 0 Å². The minimum atomic E-state index is -1.83. The molecule has 5 heteroatoms. The maximum absolute atomic E-state index is 11.2. The third-order valence-electron chi connectivity index (χ3n) is 3.39. The van der Waals surface area contributed by atoms with E-state index >= 15 is 0 Å². The van der Waals surface area contributed by atoms with Crippen LogP contribution in [0.2, 0.25) is 0 Å². The van der Waals surface area contributed by atoms with Crippen molar-refractivity contribution in [3.05, 3.63) is 47.6 Å². The van der Waals surface area contributed by atoms with Gasteiger partial charge in [-0.25, -0.2) is 4.79 Å². The third-order valence-corrected chi connectivity index (χ3v) is 3.39. The lowest BCUT2D eigenvalue weighted by Crippen LogP contribution is -2.19. The van der Waals surface area contributed by atoms with Crippen LogP contribution in [0, 0.1) is 5.41 Å². The largest absolute Gasteiger partial charge is 0.503 e. The average molecular weight is 290 g/mol. The average Bonchev–Trinajstić information content (AvgIpc) is 2.39. The van der Waals surface area contributed by atoms with Gasteiger partial charge in [0.2, 0.25) is 0 Å². The van der Waals surface area contributed by atoms with Crippen molar-refractivity contribution in [3.8, 4) is 0 Å². The molecule has 112 valence electrons. The fourth-order valence-electron chi connectivity index (χ4n) is 2.15. The molecule has 0 saturated carbocycles. The third kappa shape index (κ3) is 4.87. The van der Waals surface area contributed by atoms with Crippen molar-refractivity contribution in [2.45, 2.75) is 26.7 Å². The van der Waals surface area contributed by atoms with Crippen molar-refractivity contribution in [1.82, 2.24) is 0 Å². The molecule has 0 atom stereocenters. The first-order chi connectivity index (χ1) is 9.73. The van der Waals surface area contributed by atoms with Gasteiger partial charge in [-0.2, -0.15) is 0 Å². The van der Waals surface area contributed by atoms with E-state index in [1.54, 1.807) is 12.2 Å². The lowest BCUT2D eigenvalue weighted by atomic mass is 9.74. The number of hydrogen-bond acceptors (Lipinski definition) is 3. The number of carboxylic acid groups (broad SMARTS) is 2. The predicted molar refractivity (Wildman–Crippen MR) is 78.1 cm³/mol. The second-order valence-electron chi connectivity index (χ2n) is 5.23. The van der Waals surface area contributed by atoms with Crippen LogP contribution < -0.4 is 0 Å². The topological polar surface area (TPSA) is 91.7 Å². The maximum atomic E-state index is 11.2. The summed E-state index contributed by atoms with van der Waals surface area (Å²) in [4.78, 5) is 30.9. The van der Waals surface area contributed by atoms with E-state index in [4.69, 9.17) is 15.0 Å². The van der Waals surface area contributed by atoms with Crippen LogP contribution in [0.4, 0.5) is 4.79 Å². The molecular weight excluding hydrogens is 272 g/mol. The molecule has 0 aromatic heterocycles. The SMILES string of the molecule is CC(C)(C1=CCC(=O)C=C1)C1=CCC(=O)C=C1.O=C(O)O. The summed E-state index contributed by atoms with van der Waals surface area (Å²) < 4.78 is 0. The van der Waals surface area contributed by atoms with Gasteiger partial charge in [0, 0.05) is 18.3 Å². The molecule has 0 unspecified atom stereocenters. The van der Waals surface area contributed by atoms with Gasteiger partial charge in [-0.15, -0.1) is 0 Å². The second-order valence-corrected chi connectivity index (χ2v) is 5.23. The fraction of sp³-hybridized carbons (Fsp3) is 0.312. The normalized spacial score (nSPS) is 17.6. The monoisotopic (exact) mass is 290 g/mol. The van der Waals surface area contributed by atoms with Crippen molar-refractivity contribution in [2.24, 2.45) is 5.41 Å². The zero-order valence-electron chi connectivity index (χ0n) is 12.0. The van der Waals surface area contributed by atoms with Gasteiger partial charge in [-0.3, -0.25) is 9.59 Å². The summed E-state index contributed by atoms with van der Waals surface area (Å²) >= 11 is 0. The molecule has 2 aliphatic rings. The molecule has 5 nitrogen and oxygen atoms in total. The van der Waals surface area contributed by atoms with E-state index in [9.17, 15) is 9.59 Å². The van der Waals surface area contributed by atoms with E-state index in [1.807, 2.05) is 24.3 Å². The molecule has 2 aliphatic carbocycles. The Bertz CT molecular complexity index is 525. The van der Waals surface area contributed by atoms with Gasteiger partial charge in [0.1, 0.15) is 0 Å². The Morgan fingerprint density at radius 1 is 0.905 bits per heavy atom. The van der Waals surface area contributed by atoms with Gasteiger partial charge in [-0.1, -0.05) is 38.2 Å². The van der Waals surface area contributed by atoms with E-state index in [2.05, 4.69) is 13.8 Å². The molecule has 2 N–H and O–H groups in total. The zero-order valence-corrected chi connectivity index (χ0v) is 12.0. The molecule has 2 rings (SSSR count). The van der Waals surface area contributed by atoms with E-state index in [0.29, 0.717) is 12.8 Å². The van der Waals surface area contributed by atoms with Crippen LogP contribution in [-0.4, -0.2) is 27.9 Å². The predicted octanol–water partition coefficient (Wildman–Crippen LogP) is 3.15. The number of ketones is 2. The van der Waals surface area contributed by atoms with E-state index < -0.39 is 6.16 Å². The highest BCUT2D eigenvalue weighted by Crippen LogP contribution is 2.38. The zero-order chi connectivity index (χ0) is 16.0. The Morgan fingerprint density at radius 3 is 1.48 bits per heavy atom. The summed E-state index contributed by atoms with van der Waals surface area (Å²) in [5.74, 6) is 0.292. The van der Waals surface area contributed by atoms with Crippen LogP contribution in [0.25, 0.3) is 0 Å². The van der Waals surface area contributed by atoms with E-state index in [-0.39, 0.29) is 17.0 Å². The number of hydrogen-bond donors (Lipinski definition) is 2. The molecule has 0 aliphatic heterocycles. The van der Waals surface area contributed by atoms with Crippen LogP contribution in [0.15, 0.2) is 47.6 Å². The highest BCUT2D eigenvalue weighted by molar-refractivity contribution is 5.93. The van der Waals surface area contributed by atoms with Crippen molar-refractivity contribution in [1.29, 1.82) is 0 Å². The van der Waals surface area contributed by atoms with Crippen molar-refractivity contribution in [3.63, 3.8) is 0 Å². The first kappa shape index (κ1) is 16.6. The van der Waals surface area contributed by atoms with Crippen LogP contribution in [0.3, 0.4) is 0 Å². The minimum absolute atomic E-state index is 0.144. The first-order valence-electron chi connectivity index (χ1n) is 6.48. The Labute approximate surface area is 123 Å². The van der Waals surface area contributed by atoms with Gasteiger partial charge in [0.25, 0.3) is 0 Å². The van der Waals surface area contributed by atoms with E-state index in [1.165, 1.54) is 0 Å². The Balaban J connectivity index is 0.000000491. The molecule has 0 aromatic rings.